The number of primary amides is 1. The summed E-state index contributed by atoms with van der Waals surface area (Å²) in [7, 11) is 0. The average Bonchev–Trinajstić information content (AvgIpc) is 2.75. The number of aromatic nitrogens is 2. The van der Waals surface area contributed by atoms with Crippen LogP contribution in [-0.2, 0) is 4.79 Å². The fourth-order valence-corrected chi connectivity index (χ4v) is 2.64. The van der Waals surface area contributed by atoms with Crippen LogP contribution in [0.5, 0.6) is 0 Å². The zero-order valence-corrected chi connectivity index (χ0v) is 12.7. The van der Waals surface area contributed by atoms with E-state index in [0.717, 1.165) is 0 Å². The van der Waals surface area contributed by atoms with Crippen LogP contribution in [0.25, 0.3) is 0 Å². The first-order chi connectivity index (χ1) is 10.4. The smallest absolute Gasteiger partial charge is 0.254 e. The van der Waals surface area contributed by atoms with Crippen molar-refractivity contribution in [2.45, 2.75) is 32.5 Å². The van der Waals surface area contributed by atoms with Gasteiger partial charge in [0.2, 0.25) is 5.91 Å². The number of nitrogens with two attached hydrogens (primary N) is 1. The molecule has 0 aromatic carbocycles. The molecule has 1 aliphatic heterocycles. The highest BCUT2D eigenvalue weighted by atomic mass is 19.1. The van der Waals surface area contributed by atoms with Gasteiger partial charge in [0.25, 0.3) is 5.91 Å². The lowest BCUT2D eigenvalue weighted by molar-refractivity contribution is -0.119. The molecule has 1 fully saturated rings. The fraction of sp³-hybridized carbons (Fsp3) is 0.571. The van der Waals surface area contributed by atoms with Gasteiger partial charge in [-0.1, -0.05) is 0 Å². The molecule has 0 radical (unpaired) electrons. The summed E-state index contributed by atoms with van der Waals surface area (Å²) < 4.78 is 13.5. The number of alkyl halides is 1. The monoisotopic (exact) mass is 309 g/mol. The van der Waals surface area contributed by atoms with E-state index >= 15 is 0 Å². The number of likely N-dealkylation sites (tertiary alicyclic amines) is 1. The van der Waals surface area contributed by atoms with Gasteiger partial charge < -0.3 is 11.1 Å². The molecule has 2 rings (SSSR count). The lowest BCUT2D eigenvalue weighted by atomic mass is 10.2. The highest BCUT2D eigenvalue weighted by molar-refractivity contribution is 5.94. The number of hydrogen-bond donors (Lipinski definition) is 2. The first kappa shape index (κ1) is 16.3. The maximum absolute atomic E-state index is 13.5. The topological polar surface area (TPSA) is 101 Å². The number of rotatable bonds is 5. The summed E-state index contributed by atoms with van der Waals surface area (Å²) in [6.45, 7) is 3.89. The first-order valence-corrected chi connectivity index (χ1v) is 7.11. The molecule has 1 saturated heterocycles. The van der Waals surface area contributed by atoms with Gasteiger partial charge in [-0.3, -0.25) is 14.5 Å². The first-order valence-electron chi connectivity index (χ1n) is 7.11. The molecule has 0 spiro atoms. The van der Waals surface area contributed by atoms with Crippen molar-refractivity contribution >= 4 is 11.8 Å². The molecule has 1 aromatic rings. The van der Waals surface area contributed by atoms with Crippen molar-refractivity contribution in [2.24, 2.45) is 5.73 Å². The molecular weight excluding hydrogens is 289 g/mol. The Morgan fingerprint density at radius 1 is 1.50 bits per heavy atom. The molecule has 8 heteroatoms. The van der Waals surface area contributed by atoms with Crippen molar-refractivity contribution in [3.63, 3.8) is 0 Å². The van der Waals surface area contributed by atoms with E-state index in [1.165, 1.54) is 6.20 Å². The highest BCUT2D eigenvalue weighted by Gasteiger charge is 2.33. The van der Waals surface area contributed by atoms with Gasteiger partial charge in [0.05, 0.1) is 17.8 Å². The maximum Gasteiger partial charge on any atom is 0.254 e. The number of nitrogens with one attached hydrogen (secondary N) is 1. The predicted molar refractivity (Wildman–Crippen MR) is 77.9 cm³/mol. The number of aryl methyl sites for hydroxylation is 2. The predicted octanol–water partition coefficient (Wildman–Crippen LogP) is -0.279. The van der Waals surface area contributed by atoms with E-state index in [0.29, 0.717) is 17.1 Å². The van der Waals surface area contributed by atoms with E-state index in [1.807, 2.05) is 0 Å². The molecule has 22 heavy (non-hydrogen) atoms. The summed E-state index contributed by atoms with van der Waals surface area (Å²) in [6.07, 6.45) is 0.739. The third-order valence-corrected chi connectivity index (χ3v) is 3.68. The van der Waals surface area contributed by atoms with E-state index in [1.54, 1.807) is 18.7 Å². The van der Waals surface area contributed by atoms with E-state index in [2.05, 4.69) is 15.3 Å². The lowest BCUT2D eigenvalue weighted by Crippen LogP contribution is -2.43. The van der Waals surface area contributed by atoms with E-state index in [-0.39, 0.29) is 38.0 Å². The molecule has 1 aliphatic rings. The van der Waals surface area contributed by atoms with Gasteiger partial charge in [0.15, 0.2) is 0 Å². The van der Waals surface area contributed by atoms with Gasteiger partial charge in [0.1, 0.15) is 12.0 Å². The second kappa shape index (κ2) is 6.78. The summed E-state index contributed by atoms with van der Waals surface area (Å²) >= 11 is 0. The lowest BCUT2D eigenvalue weighted by Gasteiger charge is -2.22. The zero-order valence-electron chi connectivity index (χ0n) is 12.7. The average molecular weight is 309 g/mol. The zero-order chi connectivity index (χ0) is 16.3. The molecule has 7 nitrogen and oxygen atoms in total. The van der Waals surface area contributed by atoms with Gasteiger partial charge in [-0.15, -0.1) is 0 Å². The Kier molecular flexibility index (Phi) is 5.02. The van der Waals surface area contributed by atoms with Crippen molar-refractivity contribution in [3.8, 4) is 0 Å². The Morgan fingerprint density at radius 3 is 2.86 bits per heavy atom. The van der Waals surface area contributed by atoms with Crippen molar-refractivity contribution < 1.29 is 14.0 Å². The minimum atomic E-state index is -1.01. The van der Waals surface area contributed by atoms with Crippen LogP contribution in [0.1, 0.15) is 28.3 Å². The van der Waals surface area contributed by atoms with Gasteiger partial charge in [-0.05, 0) is 20.3 Å². The largest absolute Gasteiger partial charge is 0.369 e. The molecular formula is C14H20FN5O2. The number of halogens is 1. The standard InChI is InChI=1S/C14H20FN5O2/c1-8-12(5-17-9(2)19-8)14(22)18-4-11-3-10(15)6-20(11)7-13(16)21/h5,10-11H,3-4,6-7H2,1-2H3,(H2,16,21)(H,18,22)/t10-,11-/m0/s1. The van der Waals surface area contributed by atoms with Crippen LogP contribution in [0.15, 0.2) is 6.20 Å². The number of carbonyl (C=O) groups is 2. The van der Waals surface area contributed by atoms with Gasteiger partial charge >= 0.3 is 0 Å². The quantitative estimate of drug-likeness (QED) is 0.779. The Morgan fingerprint density at radius 2 is 2.23 bits per heavy atom. The van der Waals surface area contributed by atoms with Gasteiger partial charge in [-0.25, -0.2) is 14.4 Å². The van der Waals surface area contributed by atoms with Crippen molar-refractivity contribution in [2.75, 3.05) is 19.6 Å². The minimum Gasteiger partial charge on any atom is -0.369 e. The number of carbonyl (C=O) groups excluding carboxylic acids is 2. The van der Waals surface area contributed by atoms with Crippen LogP contribution in [0, 0.1) is 13.8 Å². The molecule has 0 bridgehead atoms. The SMILES string of the molecule is Cc1ncc(C(=O)NC[C@@H]2C[C@H](F)CN2CC(N)=O)c(C)n1. The highest BCUT2D eigenvalue weighted by Crippen LogP contribution is 2.19. The number of nitrogens with zero attached hydrogens (tertiary/aromatic N) is 3. The summed E-state index contributed by atoms with van der Waals surface area (Å²) in [5.74, 6) is -0.218. The normalized spacial score (nSPS) is 21.8. The maximum atomic E-state index is 13.5. The minimum absolute atomic E-state index is 0.00632. The molecule has 1 aromatic heterocycles. The third kappa shape index (κ3) is 3.97. The Balaban J connectivity index is 1.96. The van der Waals surface area contributed by atoms with Crippen LogP contribution < -0.4 is 11.1 Å². The van der Waals surface area contributed by atoms with Crippen LogP contribution in [-0.4, -0.2) is 58.5 Å². The number of hydrogen-bond acceptors (Lipinski definition) is 5. The molecule has 0 aliphatic carbocycles. The second-order valence-electron chi connectivity index (χ2n) is 5.51. The van der Waals surface area contributed by atoms with E-state index in [9.17, 15) is 14.0 Å². The molecule has 3 N–H and O–H groups in total. The van der Waals surface area contributed by atoms with Gasteiger partial charge in [-0.2, -0.15) is 0 Å². The summed E-state index contributed by atoms with van der Waals surface area (Å²) in [5, 5.41) is 2.75. The van der Waals surface area contributed by atoms with Gasteiger partial charge in [0, 0.05) is 25.3 Å². The Bertz CT molecular complexity index is 580. The molecule has 2 atom stereocenters. The van der Waals surface area contributed by atoms with E-state index < -0.39 is 12.1 Å². The Hall–Kier alpha value is -2.09. The fourth-order valence-electron chi connectivity index (χ4n) is 2.64. The number of amides is 2. The van der Waals surface area contributed by atoms with Crippen LogP contribution in [0.2, 0.25) is 0 Å². The Labute approximate surface area is 128 Å². The van der Waals surface area contributed by atoms with Crippen molar-refractivity contribution in [3.05, 3.63) is 23.3 Å². The molecule has 0 saturated carbocycles. The van der Waals surface area contributed by atoms with Crippen LogP contribution in [0.3, 0.4) is 0 Å². The third-order valence-electron chi connectivity index (χ3n) is 3.68. The molecule has 120 valence electrons. The summed E-state index contributed by atoms with van der Waals surface area (Å²) in [5.41, 5.74) is 6.14. The molecule has 2 amide bonds. The molecule has 2 heterocycles. The molecule has 0 unspecified atom stereocenters. The summed E-state index contributed by atoms with van der Waals surface area (Å²) in [6, 6.07) is -0.238. The van der Waals surface area contributed by atoms with Crippen LogP contribution in [0.4, 0.5) is 4.39 Å². The van der Waals surface area contributed by atoms with Crippen LogP contribution >= 0.6 is 0 Å². The second-order valence-corrected chi connectivity index (χ2v) is 5.51. The summed E-state index contributed by atoms with van der Waals surface area (Å²) in [4.78, 5) is 32.9. The van der Waals surface area contributed by atoms with E-state index in [4.69, 9.17) is 5.73 Å². The van der Waals surface area contributed by atoms with Crippen molar-refractivity contribution in [1.82, 2.24) is 20.2 Å². The van der Waals surface area contributed by atoms with Crippen molar-refractivity contribution in [1.29, 1.82) is 0 Å².